The van der Waals surface area contributed by atoms with Crippen molar-refractivity contribution in [3.8, 4) is 0 Å². The SMILES string of the molecule is FC(F)(F)c1ccc(Cl)c(NCc2cnc(Cl)s2)c1. The predicted molar refractivity (Wildman–Crippen MR) is 70.9 cm³/mol. The molecule has 1 aromatic carbocycles. The molecular formula is C11H7Cl2F3N2S. The van der Waals surface area contributed by atoms with Crippen molar-refractivity contribution in [1.29, 1.82) is 0 Å². The molecule has 0 saturated carbocycles. The number of aromatic nitrogens is 1. The number of thiazole rings is 1. The quantitative estimate of drug-likeness (QED) is 0.850. The van der Waals surface area contributed by atoms with E-state index >= 15 is 0 Å². The normalized spacial score (nSPS) is 11.6. The van der Waals surface area contributed by atoms with Crippen molar-refractivity contribution in [2.24, 2.45) is 0 Å². The Morgan fingerprint density at radius 1 is 1.26 bits per heavy atom. The van der Waals surface area contributed by atoms with Crippen molar-refractivity contribution in [1.82, 2.24) is 4.98 Å². The van der Waals surface area contributed by atoms with E-state index < -0.39 is 11.7 Å². The third-order valence-electron chi connectivity index (χ3n) is 2.27. The lowest BCUT2D eigenvalue weighted by Gasteiger charge is -2.11. The van der Waals surface area contributed by atoms with Crippen LogP contribution in [0.25, 0.3) is 0 Å². The fraction of sp³-hybridized carbons (Fsp3) is 0.182. The van der Waals surface area contributed by atoms with Crippen molar-refractivity contribution in [2.75, 3.05) is 5.32 Å². The van der Waals surface area contributed by atoms with Crippen LogP contribution in [-0.2, 0) is 12.7 Å². The molecule has 0 spiro atoms. The first-order valence-electron chi connectivity index (χ1n) is 5.07. The molecule has 0 fully saturated rings. The average molecular weight is 327 g/mol. The maximum absolute atomic E-state index is 12.6. The summed E-state index contributed by atoms with van der Waals surface area (Å²) in [7, 11) is 0. The molecule has 0 radical (unpaired) electrons. The van der Waals surface area contributed by atoms with Crippen molar-refractivity contribution in [3.63, 3.8) is 0 Å². The summed E-state index contributed by atoms with van der Waals surface area (Å²) in [4.78, 5) is 4.64. The third kappa shape index (κ3) is 3.75. The van der Waals surface area contributed by atoms with Crippen LogP contribution in [0, 0.1) is 0 Å². The number of benzene rings is 1. The number of halogens is 5. The fourth-order valence-electron chi connectivity index (χ4n) is 1.38. The fourth-order valence-corrected chi connectivity index (χ4v) is 2.49. The molecule has 0 bridgehead atoms. The second-order valence-electron chi connectivity index (χ2n) is 3.63. The number of anilines is 1. The number of hydrogen-bond acceptors (Lipinski definition) is 3. The van der Waals surface area contributed by atoms with E-state index in [1.165, 1.54) is 17.4 Å². The first-order chi connectivity index (χ1) is 8.86. The van der Waals surface area contributed by atoms with Gasteiger partial charge >= 0.3 is 6.18 Å². The Bertz CT molecular complexity index is 584. The number of nitrogens with zero attached hydrogens (tertiary/aromatic N) is 1. The lowest BCUT2D eigenvalue weighted by Crippen LogP contribution is -2.06. The highest BCUT2D eigenvalue weighted by Crippen LogP contribution is 2.34. The van der Waals surface area contributed by atoms with Gasteiger partial charge in [-0.05, 0) is 18.2 Å². The first kappa shape index (κ1) is 14.4. The second-order valence-corrected chi connectivity index (χ2v) is 5.73. The van der Waals surface area contributed by atoms with Gasteiger partial charge in [0.2, 0.25) is 0 Å². The van der Waals surface area contributed by atoms with E-state index in [1.807, 2.05) is 0 Å². The number of alkyl halides is 3. The molecule has 0 aliphatic heterocycles. The Balaban J connectivity index is 2.15. The predicted octanol–water partition coefficient (Wildman–Crippen LogP) is 5.08. The van der Waals surface area contributed by atoms with Gasteiger partial charge in [0.15, 0.2) is 4.47 Å². The molecule has 19 heavy (non-hydrogen) atoms. The molecule has 8 heteroatoms. The van der Waals surface area contributed by atoms with Crippen LogP contribution in [0.3, 0.4) is 0 Å². The number of nitrogens with one attached hydrogen (secondary N) is 1. The first-order valence-corrected chi connectivity index (χ1v) is 6.64. The Hall–Kier alpha value is -0.980. The van der Waals surface area contributed by atoms with E-state index in [4.69, 9.17) is 23.2 Å². The van der Waals surface area contributed by atoms with E-state index in [0.29, 0.717) is 11.0 Å². The standard InChI is InChI=1S/C11H7Cl2F3N2S/c12-8-2-1-6(11(14,15)16)3-9(8)17-4-7-5-18-10(13)19-7/h1-3,5,17H,4H2. The maximum Gasteiger partial charge on any atom is 0.416 e. The van der Waals surface area contributed by atoms with Gasteiger partial charge in [-0.15, -0.1) is 11.3 Å². The molecular weight excluding hydrogens is 320 g/mol. The van der Waals surface area contributed by atoms with Crippen molar-refractivity contribution < 1.29 is 13.2 Å². The molecule has 2 aromatic rings. The van der Waals surface area contributed by atoms with Crippen LogP contribution in [0.2, 0.25) is 9.49 Å². The van der Waals surface area contributed by atoms with Gasteiger partial charge in [-0.1, -0.05) is 23.2 Å². The molecule has 1 heterocycles. The van der Waals surface area contributed by atoms with E-state index in [-0.39, 0.29) is 10.7 Å². The lowest BCUT2D eigenvalue weighted by molar-refractivity contribution is -0.137. The summed E-state index contributed by atoms with van der Waals surface area (Å²) in [6.07, 6.45) is -2.84. The molecule has 0 saturated heterocycles. The molecule has 1 aromatic heterocycles. The maximum atomic E-state index is 12.6. The van der Waals surface area contributed by atoms with Crippen LogP contribution in [0.5, 0.6) is 0 Å². The number of hydrogen-bond donors (Lipinski definition) is 1. The van der Waals surface area contributed by atoms with Gasteiger partial charge in [0.05, 0.1) is 22.8 Å². The minimum atomic E-state index is -4.39. The summed E-state index contributed by atoms with van der Waals surface area (Å²) >= 11 is 12.8. The van der Waals surface area contributed by atoms with Gasteiger partial charge in [-0.3, -0.25) is 0 Å². The molecule has 1 N–H and O–H groups in total. The molecule has 102 valence electrons. The third-order valence-corrected chi connectivity index (χ3v) is 3.72. The Labute approximate surface area is 121 Å². The zero-order chi connectivity index (χ0) is 14.0. The zero-order valence-electron chi connectivity index (χ0n) is 9.26. The summed E-state index contributed by atoms with van der Waals surface area (Å²) in [5, 5.41) is 3.06. The largest absolute Gasteiger partial charge is 0.416 e. The molecule has 2 rings (SSSR count). The summed E-state index contributed by atoms with van der Waals surface area (Å²) in [5.41, 5.74) is -0.525. The monoisotopic (exact) mass is 326 g/mol. The van der Waals surface area contributed by atoms with E-state index in [1.54, 1.807) is 6.20 Å². The van der Waals surface area contributed by atoms with Gasteiger partial charge in [0, 0.05) is 11.1 Å². The Morgan fingerprint density at radius 3 is 2.58 bits per heavy atom. The highest BCUT2D eigenvalue weighted by Gasteiger charge is 2.30. The van der Waals surface area contributed by atoms with Crippen LogP contribution in [0.1, 0.15) is 10.4 Å². The Kier molecular flexibility index (Phi) is 4.23. The molecule has 0 amide bonds. The van der Waals surface area contributed by atoms with Gasteiger partial charge in [0.25, 0.3) is 0 Å². The average Bonchev–Trinajstić information content (AvgIpc) is 2.72. The smallest absolute Gasteiger partial charge is 0.379 e. The van der Waals surface area contributed by atoms with Crippen molar-refractivity contribution in [3.05, 3.63) is 44.3 Å². The van der Waals surface area contributed by atoms with Crippen molar-refractivity contribution in [2.45, 2.75) is 12.7 Å². The second kappa shape index (κ2) is 5.56. The van der Waals surface area contributed by atoms with E-state index in [2.05, 4.69) is 10.3 Å². The summed E-state index contributed by atoms with van der Waals surface area (Å²) in [6.45, 7) is 0.311. The number of rotatable bonds is 3. The van der Waals surface area contributed by atoms with E-state index in [9.17, 15) is 13.2 Å². The highest BCUT2D eigenvalue weighted by atomic mass is 35.5. The molecule has 0 atom stereocenters. The Morgan fingerprint density at radius 2 is 2.00 bits per heavy atom. The van der Waals surface area contributed by atoms with Gasteiger partial charge in [-0.25, -0.2) is 4.98 Å². The van der Waals surface area contributed by atoms with E-state index in [0.717, 1.165) is 17.0 Å². The highest BCUT2D eigenvalue weighted by molar-refractivity contribution is 7.15. The van der Waals surface area contributed by atoms with Crippen molar-refractivity contribution >= 4 is 40.2 Å². The van der Waals surface area contributed by atoms with Gasteiger partial charge in [0.1, 0.15) is 0 Å². The molecule has 2 nitrogen and oxygen atoms in total. The van der Waals surface area contributed by atoms with Crippen LogP contribution >= 0.6 is 34.5 Å². The van der Waals surface area contributed by atoms with Gasteiger partial charge in [-0.2, -0.15) is 13.2 Å². The molecule has 0 unspecified atom stereocenters. The van der Waals surface area contributed by atoms with Crippen LogP contribution in [-0.4, -0.2) is 4.98 Å². The summed E-state index contributed by atoms with van der Waals surface area (Å²) in [5.74, 6) is 0. The van der Waals surface area contributed by atoms with Crippen LogP contribution < -0.4 is 5.32 Å². The van der Waals surface area contributed by atoms with Gasteiger partial charge < -0.3 is 5.32 Å². The lowest BCUT2D eigenvalue weighted by atomic mass is 10.2. The molecule has 0 aliphatic carbocycles. The minimum absolute atomic E-state index is 0.223. The minimum Gasteiger partial charge on any atom is -0.379 e. The zero-order valence-corrected chi connectivity index (χ0v) is 11.6. The molecule has 0 aliphatic rings. The summed E-state index contributed by atoms with van der Waals surface area (Å²) in [6, 6.07) is 3.13. The topological polar surface area (TPSA) is 24.9 Å². The summed E-state index contributed by atoms with van der Waals surface area (Å²) < 4.78 is 38.1. The van der Waals surface area contributed by atoms with Crippen LogP contribution in [0.4, 0.5) is 18.9 Å². The van der Waals surface area contributed by atoms with Crippen LogP contribution in [0.15, 0.2) is 24.4 Å².